The fraction of sp³-hybridized carbons (Fsp3) is 0.211. The molecule has 0 amide bonds. The highest BCUT2D eigenvalue weighted by atomic mass is 16.5. The third-order valence-corrected chi connectivity index (χ3v) is 3.80. The molecule has 0 saturated heterocycles. The summed E-state index contributed by atoms with van der Waals surface area (Å²) in [5.41, 5.74) is 1.98. The molecule has 2 aromatic heterocycles. The smallest absolute Gasteiger partial charge is 0.335 e. The fourth-order valence-electron chi connectivity index (χ4n) is 2.53. The number of nitrogens with zero attached hydrogens (tertiary/aromatic N) is 4. The molecule has 0 atom stereocenters. The van der Waals surface area contributed by atoms with Crippen molar-refractivity contribution in [3.63, 3.8) is 0 Å². The summed E-state index contributed by atoms with van der Waals surface area (Å²) in [5.74, 6) is -0.362. The summed E-state index contributed by atoms with van der Waals surface area (Å²) >= 11 is 0. The van der Waals surface area contributed by atoms with E-state index in [2.05, 4.69) is 15.1 Å². The molecular weight excluding hydrogens is 348 g/mol. The van der Waals surface area contributed by atoms with Crippen molar-refractivity contribution in [2.45, 2.75) is 26.9 Å². The van der Waals surface area contributed by atoms with Crippen molar-refractivity contribution < 1.29 is 19.2 Å². The highest BCUT2D eigenvalue weighted by Crippen LogP contribution is 2.28. The Balaban J connectivity index is 1.99. The first kappa shape index (κ1) is 18.1. The lowest BCUT2D eigenvalue weighted by molar-refractivity contribution is 0.0696. The molecule has 27 heavy (non-hydrogen) atoms. The van der Waals surface area contributed by atoms with Crippen molar-refractivity contribution in [1.29, 1.82) is 5.26 Å². The number of aromatic nitrogens is 3. The number of carboxylic acid groups (broad SMARTS) is 1. The van der Waals surface area contributed by atoms with Gasteiger partial charge in [-0.2, -0.15) is 10.2 Å². The second-order valence-electron chi connectivity index (χ2n) is 6.06. The minimum absolute atomic E-state index is 0.116. The standard InChI is InChI=1S/C19H16N4O4/c1-10(2)26-17-12(8-20)7-13(9-21-17)18-22-16(23-27-18)14-5-4-6-15(11(14)3)19(24)25/h4-7,9-10H,1-3H3,(H,24,25). The van der Waals surface area contributed by atoms with E-state index >= 15 is 0 Å². The zero-order valence-corrected chi connectivity index (χ0v) is 14.9. The van der Waals surface area contributed by atoms with E-state index in [1.54, 1.807) is 25.1 Å². The van der Waals surface area contributed by atoms with Gasteiger partial charge in [0.15, 0.2) is 0 Å². The van der Waals surface area contributed by atoms with Crippen LogP contribution in [-0.4, -0.2) is 32.3 Å². The molecule has 8 nitrogen and oxygen atoms in total. The highest BCUT2D eigenvalue weighted by Gasteiger charge is 2.18. The van der Waals surface area contributed by atoms with Gasteiger partial charge in [0.2, 0.25) is 11.7 Å². The molecule has 0 saturated carbocycles. The Hall–Kier alpha value is -3.73. The van der Waals surface area contributed by atoms with E-state index in [9.17, 15) is 15.2 Å². The Kier molecular flexibility index (Phi) is 4.86. The van der Waals surface area contributed by atoms with Gasteiger partial charge in [-0.1, -0.05) is 17.3 Å². The molecule has 0 fully saturated rings. The van der Waals surface area contributed by atoms with Crippen molar-refractivity contribution in [2.75, 3.05) is 0 Å². The molecule has 0 radical (unpaired) electrons. The zero-order valence-electron chi connectivity index (χ0n) is 14.9. The number of ether oxygens (including phenoxy) is 1. The summed E-state index contributed by atoms with van der Waals surface area (Å²) in [4.78, 5) is 19.8. The molecule has 3 aromatic rings. The van der Waals surface area contributed by atoms with E-state index in [-0.39, 0.29) is 34.8 Å². The summed E-state index contributed by atoms with van der Waals surface area (Å²) in [6.45, 7) is 5.37. The number of nitriles is 1. The van der Waals surface area contributed by atoms with E-state index in [0.29, 0.717) is 16.7 Å². The van der Waals surface area contributed by atoms with Gasteiger partial charge in [0.1, 0.15) is 11.6 Å². The SMILES string of the molecule is Cc1c(C(=O)O)cccc1-c1noc(-c2cnc(OC(C)C)c(C#N)c2)n1. The molecule has 1 aromatic carbocycles. The largest absolute Gasteiger partial charge is 0.478 e. The summed E-state index contributed by atoms with van der Waals surface area (Å²) in [5, 5.41) is 22.5. The predicted molar refractivity (Wildman–Crippen MR) is 95.1 cm³/mol. The molecule has 1 N–H and O–H groups in total. The van der Waals surface area contributed by atoms with Crippen LogP contribution < -0.4 is 4.74 Å². The Bertz CT molecular complexity index is 1050. The number of rotatable bonds is 5. The quantitative estimate of drug-likeness (QED) is 0.730. The van der Waals surface area contributed by atoms with Crippen LogP contribution in [0.2, 0.25) is 0 Å². The van der Waals surface area contributed by atoms with Gasteiger partial charge in [0, 0.05) is 11.8 Å². The number of pyridine rings is 1. The molecule has 136 valence electrons. The van der Waals surface area contributed by atoms with Gasteiger partial charge < -0.3 is 14.4 Å². The molecule has 3 rings (SSSR count). The minimum Gasteiger partial charge on any atom is -0.478 e. The molecule has 0 aliphatic rings. The molecule has 0 spiro atoms. The molecule has 0 bridgehead atoms. The van der Waals surface area contributed by atoms with Crippen LogP contribution in [0.3, 0.4) is 0 Å². The molecule has 0 aliphatic carbocycles. The van der Waals surface area contributed by atoms with Gasteiger partial charge in [0.25, 0.3) is 5.89 Å². The molecular formula is C19H16N4O4. The monoisotopic (exact) mass is 364 g/mol. The Labute approximate surface area is 155 Å². The van der Waals surface area contributed by atoms with Crippen molar-refractivity contribution >= 4 is 5.97 Å². The highest BCUT2D eigenvalue weighted by molar-refractivity contribution is 5.91. The Morgan fingerprint density at radius 3 is 2.81 bits per heavy atom. The van der Waals surface area contributed by atoms with E-state index < -0.39 is 5.97 Å². The first-order valence-corrected chi connectivity index (χ1v) is 8.15. The van der Waals surface area contributed by atoms with Gasteiger partial charge in [-0.15, -0.1) is 0 Å². The lowest BCUT2D eigenvalue weighted by atomic mass is 10.0. The second kappa shape index (κ2) is 7.25. The summed E-state index contributed by atoms with van der Waals surface area (Å²) in [7, 11) is 0. The second-order valence-corrected chi connectivity index (χ2v) is 6.06. The molecule has 0 aliphatic heterocycles. The van der Waals surface area contributed by atoms with Crippen LogP contribution in [0.5, 0.6) is 5.88 Å². The number of hydrogen-bond acceptors (Lipinski definition) is 7. The minimum atomic E-state index is -1.03. The summed E-state index contributed by atoms with van der Waals surface area (Å²) < 4.78 is 10.8. The maximum Gasteiger partial charge on any atom is 0.335 e. The van der Waals surface area contributed by atoms with Crippen molar-refractivity contribution in [2.24, 2.45) is 0 Å². The van der Waals surface area contributed by atoms with Crippen molar-refractivity contribution in [3.05, 3.63) is 47.2 Å². The van der Waals surface area contributed by atoms with Crippen LogP contribution >= 0.6 is 0 Å². The average Bonchev–Trinajstić information content (AvgIpc) is 3.11. The number of hydrogen-bond donors (Lipinski definition) is 1. The Morgan fingerprint density at radius 1 is 1.37 bits per heavy atom. The first-order valence-electron chi connectivity index (χ1n) is 8.15. The lowest BCUT2D eigenvalue weighted by Crippen LogP contribution is -2.08. The van der Waals surface area contributed by atoms with E-state index in [0.717, 1.165) is 0 Å². The van der Waals surface area contributed by atoms with Crippen LogP contribution in [0, 0.1) is 18.3 Å². The molecule has 2 heterocycles. The van der Waals surface area contributed by atoms with Gasteiger partial charge in [-0.05, 0) is 38.5 Å². The predicted octanol–water partition coefficient (Wildman–Crippen LogP) is 3.46. The van der Waals surface area contributed by atoms with Gasteiger partial charge in [0.05, 0.1) is 17.2 Å². The van der Waals surface area contributed by atoms with Crippen LogP contribution in [0.15, 0.2) is 35.0 Å². The van der Waals surface area contributed by atoms with E-state index in [1.165, 1.54) is 12.3 Å². The third kappa shape index (κ3) is 3.62. The van der Waals surface area contributed by atoms with Crippen molar-refractivity contribution in [1.82, 2.24) is 15.1 Å². The van der Waals surface area contributed by atoms with Crippen LogP contribution in [0.4, 0.5) is 0 Å². The normalized spacial score (nSPS) is 10.6. The topological polar surface area (TPSA) is 122 Å². The van der Waals surface area contributed by atoms with Crippen LogP contribution in [-0.2, 0) is 0 Å². The number of carboxylic acids is 1. The van der Waals surface area contributed by atoms with Crippen LogP contribution in [0.1, 0.15) is 35.3 Å². The van der Waals surface area contributed by atoms with Gasteiger partial charge >= 0.3 is 5.97 Å². The van der Waals surface area contributed by atoms with Gasteiger partial charge in [-0.25, -0.2) is 9.78 Å². The summed E-state index contributed by atoms with van der Waals surface area (Å²) in [6, 6.07) is 8.44. The number of benzene rings is 1. The zero-order chi connectivity index (χ0) is 19.6. The summed E-state index contributed by atoms with van der Waals surface area (Å²) in [6.07, 6.45) is 1.37. The van der Waals surface area contributed by atoms with Gasteiger partial charge in [-0.3, -0.25) is 0 Å². The fourth-order valence-corrected chi connectivity index (χ4v) is 2.53. The van der Waals surface area contributed by atoms with E-state index in [1.807, 2.05) is 19.9 Å². The number of aromatic carboxylic acids is 1. The third-order valence-electron chi connectivity index (χ3n) is 3.80. The van der Waals surface area contributed by atoms with Crippen LogP contribution in [0.25, 0.3) is 22.8 Å². The molecule has 8 heteroatoms. The lowest BCUT2D eigenvalue weighted by Gasteiger charge is -2.09. The number of carbonyl (C=O) groups is 1. The van der Waals surface area contributed by atoms with Crippen molar-refractivity contribution in [3.8, 4) is 34.8 Å². The maximum absolute atomic E-state index is 11.3. The van der Waals surface area contributed by atoms with E-state index in [4.69, 9.17) is 9.26 Å². The maximum atomic E-state index is 11.3. The average molecular weight is 364 g/mol. The first-order chi connectivity index (χ1) is 12.9. The molecule has 0 unspecified atom stereocenters. The Morgan fingerprint density at radius 2 is 2.15 bits per heavy atom.